The van der Waals surface area contributed by atoms with Gasteiger partial charge in [-0.25, -0.2) is 0 Å². The predicted octanol–water partition coefficient (Wildman–Crippen LogP) is 2.76. The summed E-state index contributed by atoms with van der Waals surface area (Å²) in [5.74, 6) is -1.47. The van der Waals surface area contributed by atoms with E-state index in [1.54, 1.807) is 12.1 Å². The molecule has 1 heterocycles. The van der Waals surface area contributed by atoms with E-state index in [1.807, 2.05) is 37.3 Å². The van der Waals surface area contributed by atoms with E-state index in [0.717, 1.165) is 11.1 Å². The number of anilines is 1. The third-order valence-electron chi connectivity index (χ3n) is 3.49. The highest BCUT2D eigenvalue weighted by Crippen LogP contribution is 2.36. The van der Waals surface area contributed by atoms with Crippen LogP contribution in [-0.4, -0.2) is 16.2 Å². The highest BCUT2D eigenvalue weighted by atomic mass is 32.2. The van der Waals surface area contributed by atoms with Crippen LogP contribution >= 0.6 is 24.0 Å². The van der Waals surface area contributed by atoms with Crippen LogP contribution in [0.15, 0.2) is 53.4 Å². The number of carbonyl (C=O) groups excluding carboxylic acids is 2. The number of carbonyl (C=O) groups is 2. The normalized spacial score (nSPS) is 16.0. The molecule has 1 fully saturated rings. The van der Waals surface area contributed by atoms with Gasteiger partial charge in [0, 0.05) is 0 Å². The average molecular weight is 354 g/mol. The van der Waals surface area contributed by atoms with E-state index in [0.29, 0.717) is 14.9 Å². The van der Waals surface area contributed by atoms with Gasteiger partial charge in [0.2, 0.25) is 0 Å². The van der Waals surface area contributed by atoms with E-state index in [2.05, 4.69) is 0 Å². The van der Waals surface area contributed by atoms with Crippen molar-refractivity contribution in [2.45, 2.75) is 6.92 Å². The van der Waals surface area contributed by atoms with Gasteiger partial charge in [-0.1, -0.05) is 65.9 Å². The molecule has 0 aromatic heterocycles. The number of aryl methyl sites for hydroxylation is 1. The molecule has 24 heavy (non-hydrogen) atoms. The summed E-state index contributed by atoms with van der Waals surface area (Å²) in [7, 11) is 0. The van der Waals surface area contributed by atoms with Crippen LogP contribution in [0, 0.1) is 6.92 Å². The number of thioether (sulfide) groups is 1. The smallest absolute Gasteiger partial charge is 0.270 e. The Labute approximate surface area is 148 Å². The van der Waals surface area contributed by atoms with Crippen molar-refractivity contribution in [3.63, 3.8) is 0 Å². The molecule has 0 saturated carbocycles. The Morgan fingerprint density at radius 1 is 1.21 bits per heavy atom. The Morgan fingerprint density at radius 3 is 2.54 bits per heavy atom. The van der Waals surface area contributed by atoms with Crippen molar-refractivity contribution >= 4 is 51.9 Å². The molecule has 0 aliphatic carbocycles. The minimum atomic E-state index is -1.26. The molecule has 0 atom stereocenters. The maximum Gasteiger partial charge on any atom is 0.270 e. The number of carboxylic acids is 1. The van der Waals surface area contributed by atoms with Gasteiger partial charge in [0.05, 0.1) is 16.6 Å². The van der Waals surface area contributed by atoms with Crippen molar-refractivity contribution < 1.29 is 14.7 Å². The van der Waals surface area contributed by atoms with Crippen molar-refractivity contribution in [3.05, 3.63) is 70.1 Å². The number of carboxylic acid groups (broad SMARTS) is 1. The zero-order chi connectivity index (χ0) is 17.3. The molecule has 1 aliphatic rings. The molecule has 4 nitrogen and oxygen atoms in total. The Balaban J connectivity index is 1.90. The van der Waals surface area contributed by atoms with Gasteiger partial charge in [0.15, 0.2) is 4.32 Å². The van der Waals surface area contributed by atoms with Crippen molar-refractivity contribution in [1.82, 2.24) is 0 Å². The Morgan fingerprint density at radius 2 is 1.92 bits per heavy atom. The molecule has 6 heteroatoms. The summed E-state index contributed by atoms with van der Waals surface area (Å²) < 4.78 is 0.417. The monoisotopic (exact) mass is 354 g/mol. The summed E-state index contributed by atoms with van der Waals surface area (Å²) in [6.07, 6.45) is 1.81. The first-order valence-corrected chi connectivity index (χ1v) is 8.34. The second-order valence-corrected chi connectivity index (χ2v) is 6.94. The van der Waals surface area contributed by atoms with Crippen LogP contribution in [0.1, 0.15) is 21.5 Å². The van der Waals surface area contributed by atoms with Gasteiger partial charge in [-0.05, 0) is 36.3 Å². The molecule has 0 spiro atoms. The zero-order valence-electron chi connectivity index (χ0n) is 12.7. The van der Waals surface area contributed by atoms with Gasteiger partial charge in [-0.2, -0.15) is 0 Å². The SMILES string of the molecule is Cc1cccc(/C=C2\SC(=S)N(c3ccc(C(=O)[O-])cc3)C2=O)c1. The molecule has 0 bridgehead atoms. The van der Waals surface area contributed by atoms with Gasteiger partial charge < -0.3 is 9.90 Å². The van der Waals surface area contributed by atoms with E-state index in [9.17, 15) is 14.7 Å². The molecule has 1 aliphatic heterocycles. The number of nitrogens with zero attached hydrogens (tertiary/aromatic N) is 1. The van der Waals surface area contributed by atoms with Crippen molar-refractivity contribution in [1.29, 1.82) is 0 Å². The molecule has 1 saturated heterocycles. The summed E-state index contributed by atoms with van der Waals surface area (Å²) >= 11 is 6.53. The maximum absolute atomic E-state index is 12.6. The summed E-state index contributed by atoms with van der Waals surface area (Å²) in [5.41, 5.74) is 2.63. The Bertz CT molecular complexity index is 872. The first-order chi connectivity index (χ1) is 11.5. The van der Waals surface area contributed by atoms with Crippen LogP contribution in [-0.2, 0) is 4.79 Å². The van der Waals surface area contributed by atoms with Gasteiger partial charge in [0.1, 0.15) is 0 Å². The molecule has 3 rings (SSSR count). The Hall–Kier alpha value is -2.44. The van der Waals surface area contributed by atoms with Crippen molar-refractivity contribution in [3.8, 4) is 0 Å². The van der Waals surface area contributed by atoms with Crippen LogP contribution in [0.5, 0.6) is 0 Å². The predicted molar refractivity (Wildman–Crippen MR) is 97.6 cm³/mol. The van der Waals surface area contributed by atoms with Crippen LogP contribution in [0.3, 0.4) is 0 Å². The first-order valence-electron chi connectivity index (χ1n) is 7.12. The standard InChI is InChI=1S/C18H13NO3S2/c1-11-3-2-4-12(9-11)10-15-16(20)19(18(23)24-15)14-7-5-13(6-8-14)17(21)22/h2-10H,1H3,(H,21,22)/p-1/b15-10-. The van der Waals surface area contributed by atoms with Crippen LogP contribution in [0.4, 0.5) is 5.69 Å². The number of amides is 1. The fraction of sp³-hybridized carbons (Fsp3) is 0.0556. The van der Waals surface area contributed by atoms with E-state index >= 15 is 0 Å². The fourth-order valence-corrected chi connectivity index (χ4v) is 3.65. The number of hydrogen-bond acceptors (Lipinski definition) is 5. The molecule has 0 radical (unpaired) electrons. The number of rotatable bonds is 3. The molecule has 2 aromatic carbocycles. The summed E-state index contributed by atoms with van der Waals surface area (Å²) in [6.45, 7) is 1.99. The maximum atomic E-state index is 12.6. The van der Waals surface area contributed by atoms with E-state index in [-0.39, 0.29) is 11.5 Å². The molecule has 0 unspecified atom stereocenters. The van der Waals surface area contributed by atoms with Crippen LogP contribution in [0.25, 0.3) is 6.08 Å². The summed E-state index contributed by atoms with van der Waals surface area (Å²) in [6, 6.07) is 13.7. The summed E-state index contributed by atoms with van der Waals surface area (Å²) in [5, 5.41) is 10.8. The molecule has 120 valence electrons. The van der Waals surface area contributed by atoms with E-state index < -0.39 is 5.97 Å². The molecule has 1 amide bonds. The third-order valence-corrected chi connectivity index (χ3v) is 4.80. The molecular weight excluding hydrogens is 342 g/mol. The van der Waals surface area contributed by atoms with Gasteiger partial charge >= 0.3 is 0 Å². The van der Waals surface area contributed by atoms with Crippen molar-refractivity contribution in [2.24, 2.45) is 0 Å². The third kappa shape index (κ3) is 3.25. The molecule has 2 aromatic rings. The van der Waals surface area contributed by atoms with Gasteiger partial charge in [-0.15, -0.1) is 0 Å². The van der Waals surface area contributed by atoms with E-state index in [1.165, 1.54) is 28.8 Å². The summed E-state index contributed by atoms with van der Waals surface area (Å²) in [4.78, 5) is 25.4. The Kier molecular flexibility index (Phi) is 4.51. The van der Waals surface area contributed by atoms with Crippen LogP contribution < -0.4 is 10.0 Å². The highest BCUT2D eigenvalue weighted by Gasteiger charge is 2.33. The quantitative estimate of drug-likeness (QED) is 0.627. The lowest BCUT2D eigenvalue weighted by Gasteiger charge is -2.15. The lowest BCUT2D eigenvalue weighted by atomic mass is 10.1. The number of benzene rings is 2. The topological polar surface area (TPSA) is 60.4 Å². The van der Waals surface area contributed by atoms with Gasteiger partial charge in [-0.3, -0.25) is 9.69 Å². The first kappa shape index (κ1) is 16.4. The minimum Gasteiger partial charge on any atom is -0.545 e. The molecular formula is C18H12NO3S2-. The highest BCUT2D eigenvalue weighted by molar-refractivity contribution is 8.27. The fourth-order valence-electron chi connectivity index (χ4n) is 2.35. The van der Waals surface area contributed by atoms with Crippen LogP contribution in [0.2, 0.25) is 0 Å². The van der Waals surface area contributed by atoms with E-state index in [4.69, 9.17) is 12.2 Å². The average Bonchev–Trinajstić information content (AvgIpc) is 2.81. The molecule has 0 N–H and O–H groups in total. The van der Waals surface area contributed by atoms with Gasteiger partial charge in [0.25, 0.3) is 5.91 Å². The lowest BCUT2D eigenvalue weighted by Crippen LogP contribution is -2.28. The zero-order valence-corrected chi connectivity index (χ0v) is 14.3. The minimum absolute atomic E-state index is 0.0551. The second-order valence-electron chi connectivity index (χ2n) is 5.27. The second kappa shape index (κ2) is 6.59. The number of hydrogen-bond donors (Lipinski definition) is 0. The lowest BCUT2D eigenvalue weighted by molar-refractivity contribution is -0.255. The number of thiocarbonyl (C=S) groups is 1. The number of aromatic carboxylic acids is 1. The van der Waals surface area contributed by atoms with Crippen molar-refractivity contribution in [2.75, 3.05) is 4.90 Å². The largest absolute Gasteiger partial charge is 0.545 e.